The number of hydrogen-bond acceptors (Lipinski definition) is 1. The van der Waals surface area contributed by atoms with Crippen LogP contribution in [0.1, 0.15) is 12.6 Å². The second-order valence-electron chi connectivity index (χ2n) is 3.57. The molecule has 1 aromatic heterocycles. The van der Waals surface area contributed by atoms with Gasteiger partial charge in [-0.3, -0.25) is 4.79 Å². The van der Waals surface area contributed by atoms with E-state index < -0.39 is 5.38 Å². The van der Waals surface area contributed by atoms with Gasteiger partial charge in [0.15, 0.2) is 0 Å². The summed E-state index contributed by atoms with van der Waals surface area (Å²) in [4.78, 5) is 13.1. The van der Waals surface area contributed by atoms with Crippen LogP contribution in [0, 0.1) is 0 Å². The maximum absolute atomic E-state index is 11.5. The van der Waals surface area contributed by atoms with Crippen LogP contribution in [-0.4, -0.2) is 27.8 Å². The fourth-order valence-electron chi connectivity index (χ4n) is 1.35. The van der Waals surface area contributed by atoms with E-state index in [1.54, 1.807) is 25.1 Å². The molecule has 0 saturated heterocycles. The number of aryl methyl sites for hydroxylation is 1. The van der Waals surface area contributed by atoms with Gasteiger partial charge in [0, 0.05) is 26.0 Å². The minimum atomic E-state index is -0.495. The average Bonchev–Trinajstić information content (AvgIpc) is 2.43. The van der Waals surface area contributed by atoms with Gasteiger partial charge in [0.25, 0.3) is 0 Å². The molecular formula is C10H14Cl2N2O. The van der Waals surface area contributed by atoms with Gasteiger partial charge >= 0.3 is 0 Å². The van der Waals surface area contributed by atoms with Gasteiger partial charge in [-0.2, -0.15) is 0 Å². The first-order valence-electron chi connectivity index (χ1n) is 4.61. The van der Waals surface area contributed by atoms with Crippen LogP contribution in [0.5, 0.6) is 0 Å². The Kier molecular flexibility index (Phi) is 4.05. The zero-order valence-electron chi connectivity index (χ0n) is 9.00. The van der Waals surface area contributed by atoms with E-state index in [1.807, 2.05) is 17.7 Å². The topological polar surface area (TPSA) is 25.2 Å². The Hall–Kier alpha value is -0.670. The standard InChI is InChI=1S/C10H14Cl2N2O/c1-7(11)10(15)14(3)6-9-4-8(12)5-13(9)2/h4-5,7H,6H2,1-3H3. The molecule has 3 nitrogen and oxygen atoms in total. The second-order valence-corrected chi connectivity index (χ2v) is 4.66. The Balaban J connectivity index is 2.70. The quantitative estimate of drug-likeness (QED) is 0.754. The first-order valence-corrected chi connectivity index (χ1v) is 5.43. The lowest BCUT2D eigenvalue weighted by atomic mass is 10.3. The van der Waals surface area contributed by atoms with Crippen molar-refractivity contribution in [1.82, 2.24) is 9.47 Å². The highest BCUT2D eigenvalue weighted by molar-refractivity contribution is 6.30. The van der Waals surface area contributed by atoms with Gasteiger partial charge in [-0.1, -0.05) is 11.6 Å². The van der Waals surface area contributed by atoms with Crippen LogP contribution in [0.4, 0.5) is 0 Å². The number of rotatable bonds is 3. The molecule has 1 aromatic rings. The molecule has 1 unspecified atom stereocenters. The highest BCUT2D eigenvalue weighted by Gasteiger charge is 2.15. The molecule has 1 rings (SSSR count). The molecule has 15 heavy (non-hydrogen) atoms. The zero-order valence-corrected chi connectivity index (χ0v) is 10.5. The van der Waals surface area contributed by atoms with Crippen LogP contribution in [0.25, 0.3) is 0 Å². The number of halogens is 2. The number of amides is 1. The normalized spacial score (nSPS) is 12.6. The Bertz CT molecular complexity index is 360. The van der Waals surface area contributed by atoms with Crippen LogP contribution in [0.2, 0.25) is 5.02 Å². The number of hydrogen-bond donors (Lipinski definition) is 0. The van der Waals surface area contributed by atoms with E-state index in [1.165, 1.54) is 0 Å². The molecule has 1 atom stereocenters. The minimum Gasteiger partial charge on any atom is -0.351 e. The van der Waals surface area contributed by atoms with Crippen LogP contribution in [-0.2, 0) is 18.4 Å². The van der Waals surface area contributed by atoms with E-state index in [-0.39, 0.29) is 5.91 Å². The first-order chi connectivity index (χ1) is 6.91. The molecule has 1 amide bonds. The number of aromatic nitrogens is 1. The average molecular weight is 249 g/mol. The molecule has 0 spiro atoms. The smallest absolute Gasteiger partial charge is 0.240 e. The maximum Gasteiger partial charge on any atom is 0.240 e. The molecule has 0 aliphatic heterocycles. The third-order valence-electron chi connectivity index (χ3n) is 2.19. The highest BCUT2D eigenvalue weighted by atomic mass is 35.5. The summed E-state index contributed by atoms with van der Waals surface area (Å²) in [7, 11) is 3.62. The summed E-state index contributed by atoms with van der Waals surface area (Å²) in [5, 5.41) is 0.179. The predicted octanol–water partition coefficient (Wildman–Crippen LogP) is 2.26. The van der Waals surface area contributed by atoms with Crippen molar-refractivity contribution in [3.05, 3.63) is 23.0 Å². The van der Waals surface area contributed by atoms with E-state index in [2.05, 4.69) is 0 Å². The lowest BCUT2D eigenvalue weighted by Crippen LogP contribution is -2.32. The monoisotopic (exact) mass is 248 g/mol. The van der Waals surface area contributed by atoms with Gasteiger partial charge < -0.3 is 9.47 Å². The Morgan fingerprint density at radius 2 is 2.27 bits per heavy atom. The number of carbonyl (C=O) groups excluding carboxylic acids is 1. The molecule has 0 bridgehead atoms. The molecule has 0 aliphatic rings. The Labute approximate surface area is 99.6 Å². The van der Waals surface area contributed by atoms with Gasteiger partial charge in [0.2, 0.25) is 5.91 Å². The molecule has 1 heterocycles. The third-order valence-corrected chi connectivity index (χ3v) is 2.58. The summed E-state index contributed by atoms with van der Waals surface area (Å²) >= 11 is 11.6. The number of nitrogens with zero attached hydrogens (tertiary/aromatic N) is 2. The molecular weight excluding hydrogens is 235 g/mol. The maximum atomic E-state index is 11.5. The summed E-state index contributed by atoms with van der Waals surface area (Å²) in [5.74, 6) is -0.0889. The van der Waals surface area contributed by atoms with Crippen molar-refractivity contribution >= 4 is 29.1 Å². The molecule has 0 N–H and O–H groups in total. The molecule has 0 radical (unpaired) electrons. The van der Waals surface area contributed by atoms with E-state index >= 15 is 0 Å². The van der Waals surface area contributed by atoms with E-state index in [4.69, 9.17) is 23.2 Å². The second kappa shape index (κ2) is 4.90. The lowest BCUT2D eigenvalue weighted by molar-refractivity contribution is -0.129. The first kappa shape index (κ1) is 12.4. The van der Waals surface area contributed by atoms with E-state index in [0.29, 0.717) is 11.6 Å². The van der Waals surface area contributed by atoms with E-state index in [9.17, 15) is 4.79 Å². The fourth-order valence-corrected chi connectivity index (χ4v) is 1.79. The summed E-state index contributed by atoms with van der Waals surface area (Å²) < 4.78 is 1.89. The van der Waals surface area contributed by atoms with Crippen molar-refractivity contribution in [1.29, 1.82) is 0 Å². The molecule has 0 fully saturated rings. The Morgan fingerprint density at radius 3 is 2.67 bits per heavy atom. The van der Waals surface area contributed by atoms with Gasteiger partial charge in [0.1, 0.15) is 5.38 Å². The van der Waals surface area contributed by atoms with Crippen LogP contribution in [0.15, 0.2) is 12.3 Å². The summed E-state index contributed by atoms with van der Waals surface area (Å²) in [6, 6.07) is 1.84. The summed E-state index contributed by atoms with van der Waals surface area (Å²) in [5.41, 5.74) is 0.980. The fraction of sp³-hybridized carbons (Fsp3) is 0.500. The molecule has 0 aliphatic carbocycles. The molecule has 84 valence electrons. The van der Waals surface area contributed by atoms with Gasteiger partial charge in [-0.15, -0.1) is 11.6 Å². The highest BCUT2D eigenvalue weighted by Crippen LogP contribution is 2.14. The van der Waals surface area contributed by atoms with Crippen LogP contribution in [0.3, 0.4) is 0 Å². The minimum absolute atomic E-state index is 0.0889. The van der Waals surface area contributed by atoms with Crippen molar-refractivity contribution in [2.24, 2.45) is 7.05 Å². The van der Waals surface area contributed by atoms with Gasteiger partial charge in [0.05, 0.1) is 11.6 Å². The third kappa shape index (κ3) is 3.14. The van der Waals surface area contributed by atoms with Crippen molar-refractivity contribution in [3.8, 4) is 0 Å². The number of carbonyl (C=O) groups is 1. The molecule has 5 heteroatoms. The van der Waals surface area contributed by atoms with Crippen molar-refractivity contribution in [2.75, 3.05) is 7.05 Å². The predicted molar refractivity (Wildman–Crippen MR) is 62.2 cm³/mol. The number of alkyl halides is 1. The SMILES string of the molecule is CC(Cl)C(=O)N(C)Cc1cc(Cl)cn1C. The van der Waals surface area contributed by atoms with Crippen molar-refractivity contribution in [2.45, 2.75) is 18.8 Å². The van der Waals surface area contributed by atoms with Gasteiger partial charge in [-0.25, -0.2) is 0 Å². The summed E-state index contributed by atoms with van der Waals surface area (Å²) in [6.45, 7) is 2.18. The Morgan fingerprint density at radius 1 is 1.67 bits per heavy atom. The van der Waals surface area contributed by atoms with Crippen LogP contribution < -0.4 is 0 Å². The zero-order chi connectivity index (χ0) is 11.6. The largest absolute Gasteiger partial charge is 0.351 e. The lowest BCUT2D eigenvalue weighted by Gasteiger charge is -2.18. The van der Waals surface area contributed by atoms with Gasteiger partial charge in [-0.05, 0) is 13.0 Å². The molecule has 0 aromatic carbocycles. The van der Waals surface area contributed by atoms with E-state index in [0.717, 1.165) is 5.69 Å². The summed E-state index contributed by atoms with van der Waals surface area (Å²) in [6.07, 6.45) is 1.80. The van der Waals surface area contributed by atoms with Crippen LogP contribution >= 0.6 is 23.2 Å². The van der Waals surface area contributed by atoms with Crippen molar-refractivity contribution < 1.29 is 4.79 Å². The molecule has 0 saturated carbocycles. The van der Waals surface area contributed by atoms with Crippen molar-refractivity contribution in [3.63, 3.8) is 0 Å².